The summed E-state index contributed by atoms with van der Waals surface area (Å²) in [6.07, 6.45) is 4.43. The summed E-state index contributed by atoms with van der Waals surface area (Å²) in [5.41, 5.74) is 0.552. The molecular formula is C27H39N5O4. The summed E-state index contributed by atoms with van der Waals surface area (Å²) >= 11 is 0. The Morgan fingerprint density at radius 2 is 1.78 bits per heavy atom. The van der Waals surface area contributed by atoms with Crippen LogP contribution >= 0.6 is 0 Å². The molecule has 3 fully saturated rings. The number of pyridine rings is 1. The summed E-state index contributed by atoms with van der Waals surface area (Å²) in [4.78, 5) is 51.0. The summed E-state index contributed by atoms with van der Waals surface area (Å²) in [6.45, 7) is 13.0. The Labute approximate surface area is 211 Å². The first kappa shape index (κ1) is 25.1. The Morgan fingerprint density at radius 1 is 1.11 bits per heavy atom. The molecule has 2 atom stereocenters. The Balaban J connectivity index is 1.39. The summed E-state index contributed by atoms with van der Waals surface area (Å²) in [5.74, 6) is 0.907. The molecule has 2 unspecified atom stereocenters. The van der Waals surface area contributed by atoms with Gasteiger partial charge in [-0.15, -0.1) is 0 Å². The van der Waals surface area contributed by atoms with Gasteiger partial charge >= 0.3 is 5.69 Å². The lowest BCUT2D eigenvalue weighted by Gasteiger charge is -2.39. The Kier molecular flexibility index (Phi) is 7.05. The minimum absolute atomic E-state index is 0.128. The second-order valence-electron chi connectivity index (χ2n) is 11.5. The van der Waals surface area contributed by atoms with Crippen molar-refractivity contribution in [2.24, 2.45) is 11.8 Å². The maximum atomic E-state index is 13.8. The molecule has 4 heterocycles. The molecule has 2 aromatic heterocycles. The van der Waals surface area contributed by atoms with E-state index in [9.17, 15) is 14.4 Å². The zero-order chi connectivity index (χ0) is 25.6. The molecule has 1 aliphatic carbocycles. The molecule has 9 nitrogen and oxygen atoms in total. The fourth-order valence-electron chi connectivity index (χ4n) is 5.87. The molecule has 5 rings (SSSR count). The molecule has 0 aromatic carbocycles. The van der Waals surface area contributed by atoms with Crippen molar-refractivity contribution in [3.8, 4) is 0 Å². The maximum Gasteiger partial charge on any atom is 0.330 e. The van der Waals surface area contributed by atoms with Crippen molar-refractivity contribution < 1.29 is 9.53 Å². The molecule has 1 amide bonds. The van der Waals surface area contributed by atoms with Crippen molar-refractivity contribution in [3.63, 3.8) is 0 Å². The topological polar surface area (TPSA) is 101 Å². The van der Waals surface area contributed by atoms with Crippen molar-refractivity contribution in [2.45, 2.75) is 78.0 Å². The molecule has 0 bridgehead atoms. The van der Waals surface area contributed by atoms with Crippen molar-refractivity contribution in [3.05, 3.63) is 38.2 Å². The van der Waals surface area contributed by atoms with Gasteiger partial charge in [0.25, 0.3) is 11.5 Å². The first-order chi connectivity index (χ1) is 17.2. The molecule has 9 heteroatoms. The highest BCUT2D eigenvalue weighted by atomic mass is 16.5. The van der Waals surface area contributed by atoms with E-state index in [1.165, 1.54) is 4.57 Å². The van der Waals surface area contributed by atoms with Crippen molar-refractivity contribution in [1.29, 1.82) is 0 Å². The number of aromatic nitrogens is 3. The van der Waals surface area contributed by atoms with E-state index in [1.807, 2.05) is 24.8 Å². The van der Waals surface area contributed by atoms with Gasteiger partial charge in [-0.3, -0.25) is 24.0 Å². The number of hydrogen-bond donors (Lipinski definition) is 1. The van der Waals surface area contributed by atoms with Crippen molar-refractivity contribution >= 4 is 16.9 Å². The molecule has 1 N–H and O–H groups in total. The number of nitrogens with one attached hydrogen (secondary N) is 1. The van der Waals surface area contributed by atoms with Gasteiger partial charge in [-0.2, -0.15) is 0 Å². The number of morpholine rings is 1. The summed E-state index contributed by atoms with van der Waals surface area (Å²) in [5, 5.41) is 0.239. The number of carbonyl (C=O) groups excluding carboxylic acids is 1. The van der Waals surface area contributed by atoms with Crippen LogP contribution in [0.5, 0.6) is 0 Å². The van der Waals surface area contributed by atoms with E-state index < -0.39 is 11.2 Å². The molecule has 2 aromatic rings. The number of aromatic amines is 1. The fourth-order valence-corrected chi connectivity index (χ4v) is 5.87. The van der Waals surface area contributed by atoms with E-state index in [-0.39, 0.29) is 29.4 Å². The molecule has 0 spiro atoms. The fraction of sp³-hybridized carbons (Fsp3) is 0.704. The number of ether oxygens (including phenoxy) is 1. The van der Waals surface area contributed by atoms with Gasteiger partial charge in [0.2, 0.25) is 0 Å². The van der Waals surface area contributed by atoms with Gasteiger partial charge in [0.05, 0.1) is 23.2 Å². The van der Waals surface area contributed by atoms with E-state index in [2.05, 4.69) is 23.7 Å². The van der Waals surface area contributed by atoms with Crippen LogP contribution in [0.2, 0.25) is 0 Å². The van der Waals surface area contributed by atoms with E-state index in [1.54, 1.807) is 0 Å². The number of H-pyrrole nitrogens is 1. The normalized spacial score (nSPS) is 24.1. The Hall–Kier alpha value is -2.52. The number of carbonyl (C=O) groups is 1. The molecular weight excluding hydrogens is 458 g/mol. The smallest absolute Gasteiger partial charge is 0.330 e. The predicted octanol–water partition coefficient (Wildman–Crippen LogP) is 2.58. The van der Waals surface area contributed by atoms with Gasteiger partial charge in [0, 0.05) is 50.9 Å². The van der Waals surface area contributed by atoms with Gasteiger partial charge < -0.3 is 9.64 Å². The Bertz CT molecular complexity index is 1230. The third-order valence-corrected chi connectivity index (χ3v) is 7.66. The van der Waals surface area contributed by atoms with Crippen LogP contribution in [0.4, 0.5) is 0 Å². The van der Waals surface area contributed by atoms with Crippen LogP contribution in [-0.4, -0.2) is 75.2 Å². The number of likely N-dealkylation sites (tertiary alicyclic amines) is 1. The quantitative estimate of drug-likeness (QED) is 0.659. The van der Waals surface area contributed by atoms with E-state index in [0.717, 1.165) is 51.0 Å². The SMILES string of the molecule is CC(C)Cn1c(=O)[nH]c(=O)c2c(C(=O)N3CCC(CN4CC(C)OC(C)C4)CC3)cc(C3CC3)nc21. The second kappa shape index (κ2) is 10.1. The Morgan fingerprint density at radius 3 is 2.39 bits per heavy atom. The highest BCUT2D eigenvalue weighted by molar-refractivity contribution is 6.05. The number of hydrogen-bond acceptors (Lipinski definition) is 6. The largest absolute Gasteiger partial charge is 0.373 e. The average Bonchev–Trinajstić information content (AvgIpc) is 3.66. The summed E-state index contributed by atoms with van der Waals surface area (Å²) in [6, 6.07) is 1.81. The lowest BCUT2D eigenvalue weighted by Crippen LogP contribution is -2.48. The standard InChI is InChI=1S/C27H39N5O4/c1-16(2)12-32-24-23(25(33)29-27(32)35)21(11-22(28-24)20-5-6-20)26(34)31-9-7-19(8-10-31)15-30-13-17(3)36-18(4)14-30/h11,16-20H,5-10,12-15H2,1-4H3,(H,29,33,35). The van der Waals surface area contributed by atoms with Crippen LogP contribution in [0, 0.1) is 11.8 Å². The molecule has 196 valence electrons. The lowest BCUT2D eigenvalue weighted by atomic mass is 9.95. The summed E-state index contributed by atoms with van der Waals surface area (Å²) in [7, 11) is 0. The number of rotatable bonds is 6. The van der Waals surface area contributed by atoms with Crippen molar-refractivity contribution in [2.75, 3.05) is 32.7 Å². The van der Waals surface area contributed by atoms with Crippen LogP contribution < -0.4 is 11.2 Å². The second-order valence-corrected chi connectivity index (χ2v) is 11.5. The molecule has 36 heavy (non-hydrogen) atoms. The van der Waals surface area contributed by atoms with Gasteiger partial charge in [-0.05, 0) is 57.4 Å². The summed E-state index contributed by atoms with van der Waals surface area (Å²) < 4.78 is 7.39. The monoisotopic (exact) mass is 497 g/mol. The van der Waals surface area contributed by atoms with E-state index in [4.69, 9.17) is 9.72 Å². The highest BCUT2D eigenvalue weighted by Gasteiger charge is 2.32. The molecule has 2 saturated heterocycles. The number of fused-ring (bicyclic) bond motifs is 1. The van der Waals surface area contributed by atoms with E-state index >= 15 is 0 Å². The minimum atomic E-state index is -0.529. The molecule has 2 aliphatic heterocycles. The van der Waals surface area contributed by atoms with Crippen LogP contribution in [0.3, 0.4) is 0 Å². The van der Waals surface area contributed by atoms with Crippen LogP contribution in [0.15, 0.2) is 15.7 Å². The first-order valence-corrected chi connectivity index (χ1v) is 13.5. The van der Waals surface area contributed by atoms with Crippen LogP contribution in [0.25, 0.3) is 11.0 Å². The predicted molar refractivity (Wildman–Crippen MR) is 139 cm³/mol. The first-order valence-electron chi connectivity index (χ1n) is 13.5. The number of piperidine rings is 1. The average molecular weight is 498 g/mol. The van der Waals surface area contributed by atoms with Gasteiger partial charge in [-0.25, -0.2) is 9.78 Å². The lowest BCUT2D eigenvalue weighted by molar-refractivity contribution is -0.0728. The van der Waals surface area contributed by atoms with Crippen LogP contribution in [0.1, 0.15) is 75.3 Å². The third kappa shape index (κ3) is 5.27. The molecule has 1 saturated carbocycles. The van der Waals surface area contributed by atoms with Gasteiger partial charge in [-0.1, -0.05) is 13.8 Å². The van der Waals surface area contributed by atoms with E-state index in [0.29, 0.717) is 42.7 Å². The minimum Gasteiger partial charge on any atom is -0.373 e. The van der Waals surface area contributed by atoms with Gasteiger partial charge in [0.1, 0.15) is 0 Å². The van der Waals surface area contributed by atoms with Crippen molar-refractivity contribution in [1.82, 2.24) is 24.3 Å². The van der Waals surface area contributed by atoms with Crippen LogP contribution in [-0.2, 0) is 11.3 Å². The highest BCUT2D eigenvalue weighted by Crippen LogP contribution is 2.40. The zero-order valence-corrected chi connectivity index (χ0v) is 22.0. The third-order valence-electron chi connectivity index (χ3n) is 7.66. The van der Waals surface area contributed by atoms with Gasteiger partial charge in [0.15, 0.2) is 5.65 Å². The number of nitrogens with zero attached hydrogens (tertiary/aromatic N) is 4. The molecule has 3 aliphatic rings. The zero-order valence-electron chi connectivity index (χ0n) is 22.0. The maximum absolute atomic E-state index is 13.8. The molecule has 0 radical (unpaired) electrons. The number of amides is 1.